The molecule has 0 saturated heterocycles. The highest BCUT2D eigenvalue weighted by molar-refractivity contribution is 8.00. The molecule has 0 aliphatic carbocycles. The largest absolute Gasteiger partial charge is 0.495 e. The number of carbonyl (C=O) groups excluding carboxylic acids is 2. The number of rotatable bonds is 9. The SMILES string of the molecule is COc1ccc(Cl)cc1NC(=O)C(C)Sc1ccc(NC(=O)c2ccc(OC)c(OC)c2)cc1. The van der Waals surface area contributed by atoms with E-state index in [1.807, 2.05) is 19.1 Å². The number of benzene rings is 3. The minimum atomic E-state index is -0.379. The van der Waals surface area contributed by atoms with Crippen molar-refractivity contribution in [2.75, 3.05) is 32.0 Å². The van der Waals surface area contributed by atoms with Crippen molar-refractivity contribution in [2.24, 2.45) is 0 Å². The number of nitrogens with one attached hydrogen (secondary N) is 2. The van der Waals surface area contributed by atoms with Gasteiger partial charge < -0.3 is 24.8 Å². The summed E-state index contributed by atoms with van der Waals surface area (Å²) in [6, 6.07) is 17.3. The Bertz CT molecular complexity index is 1170. The molecule has 0 radical (unpaired) electrons. The van der Waals surface area contributed by atoms with Crippen molar-refractivity contribution in [2.45, 2.75) is 17.1 Å². The van der Waals surface area contributed by atoms with Crippen LogP contribution in [0.5, 0.6) is 17.2 Å². The molecule has 3 aromatic rings. The van der Waals surface area contributed by atoms with Crippen molar-refractivity contribution < 1.29 is 23.8 Å². The molecule has 34 heavy (non-hydrogen) atoms. The third-order valence-corrected chi connectivity index (χ3v) is 6.21. The number of thioether (sulfide) groups is 1. The Kier molecular flexibility index (Phi) is 8.67. The lowest BCUT2D eigenvalue weighted by Crippen LogP contribution is -2.22. The van der Waals surface area contributed by atoms with Gasteiger partial charge in [0.05, 0.1) is 32.3 Å². The zero-order valence-electron chi connectivity index (χ0n) is 19.2. The highest BCUT2D eigenvalue weighted by Crippen LogP contribution is 2.31. The summed E-state index contributed by atoms with van der Waals surface area (Å²) in [6.07, 6.45) is 0. The lowest BCUT2D eigenvalue weighted by molar-refractivity contribution is -0.115. The summed E-state index contributed by atoms with van der Waals surface area (Å²) >= 11 is 7.42. The molecule has 3 aromatic carbocycles. The van der Waals surface area contributed by atoms with Gasteiger partial charge in [0.2, 0.25) is 5.91 Å². The van der Waals surface area contributed by atoms with Crippen LogP contribution in [0, 0.1) is 0 Å². The molecule has 178 valence electrons. The van der Waals surface area contributed by atoms with Crippen molar-refractivity contribution in [1.29, 1.82) is 0 Å². The van der Waals surface area contributed by atoms with Crippen molar-refractivity contribution in [3.05, 3.63) is 71.2 Å². The van der Waals surface area contributed by atoms with Gasteiger partial charge in [0.1, 0.15) is 5.75 Å². The van der Waals surface area contributed by atoms with Gasteiger partial charge in [-0.2, -0.15) is 0 Å². The first-order valence-electron chi connectivity index (χ1n) is 10.3. The predicted molar refractivity (Wildman–Crippen MR) is 136 cm³/mol. The number of ether oxygens (including phenoxy) is 3. The maximum Gasteiger partial charge on any atom is 0.255 e. The maximum atomic E-state index is 12.7. The van der Waals surface area contributed by atoms with Crippen LogP contribution in [-0.2, 0) is 4.79 Å². The second-order valence-corrected chi connectivity index (χ2v) is 8.99. The molecule has 0 aromatic heterocycles. The number of amides is 2. The summed E-state index contributed by atoms with van der Waals surface area (Å²) in [5, 5.41) is 5.82. The van der Waals surface area contributed by atoms with Gasteiger partial charge in [-0.1, -0.05) is 11.6 Å². The average Bonchev–Trinajstić information content (AvgIpc) is 2.84. The van der Waals surface area contributed by atoms with Crippen molar-refractivity contribution >= 4 is 46.6 Å². The first-order chi connectivity index (χ1) is 16.3. The van der Waals surface area contributed by atoms with Crippen LogP contribution in [0.1, 0.15) is 17.3 Å². The number of hydrogen-bond acceptors (Lipinski definition) is 6. The first kappa shape index (κ1) is 25.3. The van der Waals surface area contributed by atoms with E-state index in [9.17, 15) is 9.59 Å². The molecule has 2 amide bonds. The summed E-state index contributed by atoms with van der Waals surface area (Å²) in [5.41, 5.74) is 1.59. The smallest absolute Gasteiger partial charge is 0.255 e. The molecule has 7 nitrogen and oxygen atoms in total. The van der Waals surface area contributed by atoms with E-state index in [4.69, 9.17) is 25.8 Å². The second kappa shape index (κ2) is 11.7. The number of halogens is 1. The summed E-state index contributed by atoms with van der Waals surface area (Å²) in [5.74, 6) is 1.10. The number of hydrogen-bond donors (Lipinski definition) is 2. The van der Waals surface area contributed by atoms with E-state index in [2.05, 4.69) is 10.6 Å². The maximum absolute atomic E-state index is 12.7. The quantitative estimate of drug-likeness (QED) is 0.364. The van der Waals surface area contributed by atoms with E-state index < -0.39 is 0 Å². The summed E-state index contributed by atoms with van der Waals surface area (Å²) < 4.78 is 15.7. The Morgan fingerprint density at radius 2 is 1.47 bits per heavy atom. The Hall–Kier alpha value is -3.36. The van der Waals surface area contributed by atoms with Crippen LogP contribution >= 0.6 is 23.4 Å². The van der Waals surface area contributed by atoms with Crippen LogP contribution in [0.2, 0.25) is 5.02 Å². The molecule has 1 unspecified atom stereocenters. The molecule has 0 heterocycles. The van der Waals surface area contributed by atoms with Crippen LogP contribution in [-0.4, -0.2) is 38.4 Å². The van der Waals surface area contributed by atoms with E-state index in [-0.39, 0.29) is 17.1 Å². The van der Waals surface area contributed by atoms with Gasteiger partial charge >= 0.3 is 0 Å². The fraction of sp³-hybridized carbons (Fsp3) is 0.200. The Morgan fingerprint density at radius 1 is 0.824 bits per heavy atom. The van der Waals surface area contributed by atoms with Crippen molar-refractivity contribution in [3.63, 3.8) is 0 Å². The average molecular weight is 501 g/mol. The molecule has 0 spiro atoms. The summed E-state index contributed by atoms with van der Waals surface area (Å²) in [7, 11) is 4.58. The summed E-state index contributed by atoms with van der Waals surface area (Å²) in [4.78, 5) is 26.1. The van der Waals surface area contributed by atoms with E-state index in [0.717, 1.165) is 4.90 Å². The molecule has 0 saturated carbocycles. The highest BCUT2D eigenvalue weighted by atomic mass is 35.5. The lowest BCUT2D eigenvalue weighted by Gasteiger charge is -2.15. The van der Waals surface area contributed by atoms with Gasteiger partial charge in [0, 0.05) is 21.2 Å². The molecule has 0 bridgehead atoms. The molecule has 0 aliphatic heterocycles. The van der Waals surface area contributed by atoms with Crippen LogP contribution < -0.4 is 24.8 Å². The van der Waals surface area contributed by atoms with Crippen LogP contribution in [0.15, 0.2) is 65.6 Å². The predicted octanol–water partition coefficient (Wildman–Crippen LogP) is 5.74. The minimum absolute atomic E-state index is 0.184. The molecular weight excluding hydrogens is 476 g/mol. The van der Waals surface area contributed by atoms with Crippen molar-refractivity contribution in [1.82, 2.24) is 0 Å². The minimum Gasteiger partial charge on any atom is -0.495 e. The van der Waals surface area contributed by atoms with E-state index in [0.29, 0.717) is 39.2 Å². The van der Waals surface area contributed by atoms with Gasteiger partial charge in [-0.3, -0.25) is 9.59 Å². The Balaban J connectivity index is 1.60. The number of carbonyl (C=O) groups is 2. The zero-order valence-corrected chi connectivity index (χ0v) is 20.8. The Morgan fingerprint density at radius 3 is 2.12 bits per heavy atom. The van der Waals surface area contributed by atoms with E-state index in [1.54, 1.807) is 48.5 Å². The topological polar surface area (TPSA) is 85.9 Å². The summed E-state index contributed by atoms with van der Waals surface area (Å²) in [6.45, 7) is 1.81. The third kappa shape index (κ3) is 6.36. The fourth-order valence-electron chi connectivity index (χ4n) is 3.07. The fourth-order valence-corrected chi connectivity index (χ4v) is 4.11. The monoisotopic (exact) mass is 500 g/mol. The van der Waals surface area contributed by atoms with Crippen LogP contribution in [0.25, 0.3) is 0 Å². The zero-order chi connectivity index (χ0) is 24.7. The van der Waals surface area contributed by atoms with Gasteiger partial charge in [-0.25, -0.2) is 0 Å². The lowest BCUT2D eigenvalue weighted by atomic mass is 10.2. The second-order valence-electron chi connectivity index (χ2n) is 7.14. The molecule has 2 N–H and O–H groups in total. The van der Waals surface area contributed by atoms with E-state index in [1.165, 1.54) is 33.1 Å². The molecule has 1 atom stereocenters. The molecule has 9 heteroatoms. The highest BCUT2D eigenvalue weighted by Gasteiger charge is 2.17. The Labute approximate surface area is 207 Å². The number of anilines is 2. The van der Waals surface area contributed by atoms with Gasteiger partial charge in [-0.15, -0.1) is 11.8 Å². The van der Waals surface area contributed by atoms with Crippen molar-refractivity contribution in [3.8, 4) is 17.2 Å². The van der Waals surface area contributed by atoms with Crippen LogP contribution in [0.4, 0.5) is 11.4 Å². The number of methoxy groups -OCH3 is 3. The molecule has 3 rings (SSSR count). The van der Waals surface area contributed by atoms with Gasteiger partial charge in [-0.05, 0) is 67.6 Å². The molecule has 0 aliphatic rings. The standard InChI is InChI=1S/C25H25ClN2O5S/c1-15(24(29)28-20-14-17(26)6-12-21(20)31-2)34-19-9-7-18(8-10-19)27-25(30)16-5-11-22(32-3)23(13-16)33-4/h5-15H,1-4H3,(H,27,30)(H,28,29). The van der Waals surface area contributed by atoms with Gasteiger partial charge in [0.25, 0.3) is 5.91 Å². The molecule has 0 fully saturated rings. The van der Waals surface area contributed by atoms with Crippen LogP contribution in [0.3, 0.4) is 0 Å². The van der Waals surface area contributed by atoms with E-state index >= 15 is 0 Å². The van der Waals surface area contributed by atoms with Gasteiger partial charge in [0.15, 0.2) is 11.5 Å². The third-order valence-electron chi connectivity index (χ3n) is 4.86. The molecular formula is C25H25ClN2O5S. The first-order valence-corrected chi connectivity index (χ1v) is 11.5. The normalized spacial score (nSPS) is 11.3.